The Morgan fingerprint density at radius 3 is 2.17 bits per heavy atom. The topological polar surface area (TPSA) is 66.5 Å². The maximum atomic E-state index is 11.8. The van der Waals surface area contributed by atoms with Gasteiger partial charge in [0.25, 0.3) is 0 Å². The smallest absolute Gasteiger partial charge is 0.167 e. The van der Waals surface area contributed by atoms with Crippen LogP contribution in [0.4, 0.5) is 0 Å². The minimum absolute atomic E-state index is 0.0269. The number of methoxy groups -OCH3 is 3. The molecule has 2 atom stereocenters. The highest BCUT2D eigenvalue weighted by atomic mass is 16.5. The number of aldehydes is 1. The van der Waals surface area contributed by atoms with Gasteiger partial charge in [-0.2, -0.15) is 0 Å². The predicted octanol–water partition coefficient (Wildman–Crippen LogP) is 4.26. The average molecular weight is 478 g/mol. The highest BCUT2D eigenvalue weighted by molar-refractivity contribution is 5.56. The van der Waals surface area contributed by atoms with Crippen molar-refractivity contribution in [3.05, 3.63) is 83.4 Å². The summed E-state index contributed by atoms with van der Waals surface area (Å²) < 4.78 is 28.2. The molecule has 1 aliphatic rings. The van der Waals surface area contributed by atoms with Crippen molar-refractivity contribution >= 4 is 6.29 Å². The zero-order valence-corrected chi connectivity index (χ0v) is 20.3. The molecule has 0 radical (unpaired) electrons. The van der Waals surface area contributed by atoms with E-state index in [9.17, 15) is 4.79 Å². The number of ether oxygens (including phenoxy) is 5. The van der Waals surface area contributed by atoms with Gasteiger partial charge < -0.3 is 23.7 Å². The Kier molecular flexibility index (Phi) is 8.23. The zero-order valence-electron chi connectivity index (χ0n) is 20.3. The Balaban J connectivity index is 1.50. The molecule has 1 fully saturated rings. The molecular weight excluding hydrogens is 446 g/mol. The fourth-order valence-electron chi connectivity index (χ4n) is 4.28. The molecule has 35 heavy (non-hydrogen) atoms. The SMILES string of the molecule is COc1ccc(C[C@H]2COC(C=O)N2Cc2ccc(OC)c(OCc3ccccc3)c2)cc1OC. The number of benzene rings is 3. The van der Waals surface area contributed by atoms with Crippen molar-refractivity contribution in [2.45, 2.75) is 31.8 Å². The summed E-state index contributed by atoms with van der Waals surface area (Å²) in [5, 5.41) is 0. The van der Waals surface area contributed by atoms with Crippen molar-refractivity contribution in [3.63, 3.8) is 0 Å². The largest absolute Gasteiger partial charge is 0.493 e. The first-order valence-electron chi connectivity index (χ1n) is 11.5. The van der Waals surface area contributed by atoms with Gasteiger partial charge in [-0.3, -0.25) is 9.69 Å². The van der Waals surface area contributed by atoms with Gasteiger partial charge in [0.1, 0.15) is 6.61 Å². The van der Waals surface area contributed by atoms with Gasteiger partial charge in [-0.25, -0.2) is 0 Å². The van der Waals surface area contributed by atoms with Crippen molar-refractivity contribution < 1.29 is 28.5 Å². The highest BCUT2D eigenvalue weighted by Crippen LogP contribution is 2.32. The molecule has 0 amide bonds. The molecule has 1 unspecified atom stereocenters. The second-order valence-corrected chi connectivity index (χ2v) is 8.34. The van der Waals surface area contributed by atoms with Crippen LogP contribution in [0.25, 0.3) is 0 Å². The fourth-order valence-corrected chi connectivity index (χ4v) is 4.28. The summed E-state index contributed by atoms with van der Waals surface area (Å²) in [6.07, 6.45) is 0.958. The van der Waals surface area contributed by atoms with Crippen LogP contribution in [-0.4, -0.2) is 51.4 Å². The summed E-state index contributed by atoms with van der Waals surface area (Å²) in [6, 6.07) is 21.7. The van der Waals surface area contributed by atoms with Gasteiger partial charge in [0.15, 0.2) is 35.5 Å². The molecule has 1 aliphatic heterocycles. The number of hydrogen-bond donors (Lipinski definition) is 0. The van der Waals surface area contributed by atoms with Crippen LogP contribution < -0.4 is 18.9 Å². The van der Waals surface area contributed by atoms with E-state index < -0.39 is 6.23 Å². The van der Waals surface area contributed by atoms with Crippen LogP contribution in [0.5, 0.6) is 23.0 Å². The van der Waals surface area contributed by atoms with E-state index in [0.29, 0.717) is 49.2 Å². The van der Waals surface area contributed by atoms with E-state index in [1.54, 1.807) is 21.3 Å². The van der Waals surface area contributed by atoms with Crippen LogP contribution in [0, 0.1) is 0 Å². The molecule has 0 saturated carbocycles. The first kappa shape index (κ1) is 24.6. The summed E-state index contributed by atoms with van der Waals surface area (Å²) in [5.74, 6) is 2.69. The second kappa shape index (κ2) is 11.7. The number of carbonyl (C=O) groups is 1. The Morgan fingerprint density at radius 2 is 1.49 bits per heavy atom. The Bertz CT molecular complexity index is 1120. The fraction of sp³-hybridized carbons (Fsp3) is 0.321. The maximum Gasteiger partial charge on any atom is 0.167 e. The Labute approximate surface area is 206 Å². The van der Waals surface area contributed by atoms with Gasteiger partial charge in [0.05, 0.1) is 27.9 Å². The molecule has 4 rings (SSSR count). The number of rotatable bonds is 11. The van der Waals surface area contributed by atoms with E-state index in [0.717, 1.165) is 23.0 Å². The molecule has 1 heterocycles. The van der Waals surface area contributed by atoms with Gasteiger partial charge in [-0.1, -0.05) is 42.5 Å². The molecule has 3 aromatic carbocycles. The van der Waals surface area contributed by atoms with Crippen molar-refractivity contribution in [1.29, 1.82) is 0 Å². The molecule has 1 saturated heterocycles. The van der Waals surface area contributed by atoms with E-state index in [-0.39, 0.29) is 6.04 Å². The molecule has 3 aromatic rings. The van der Waals surface area contributed by atoms with Gasteiger partial charge in [-0.15, -0.1) is 0 Å². The first-order valence-corrected chi connectivity index (χ1v) is 11.5. The third kappa shape index (κ3) is 5.93. The lowest BCUT2D eigenvalue weighted by molar-refractivity contribution is -0.122. The molecule has 0 aromatic heterocycles. The summed E-state index contributed by atoms with van der Waals surface area (Å²) in [4.78, 5) is 13.8. The second-order valence-electron chi connectivity index (χ2n) is 8.34. The normalized spacial score (nSPS) is 17.7. The lowest BCUT2D eigenvalue weighted by atomic mass is 10.0. The van der Waals surface area contributed by atoms with Gasteiger partial charge in [0.2, 0.25) is 0 Å². The van der Waals surface area contributed by atoms with E-state index in [2.05, 4.69) is 4.90 Å². The summed E-state index contributed by atoms with van der Waals surface area (Å²) in [5.41, 5.74) is 3.15. The highest BCUT2D eigenvalue weighted by Gasteiger charge is 2.34. The Morgan fingerprint density at radius 1 is 0.829 bits per heavy atom. The number of carbonyl (C=O) groups excluding carboxylic acids is 1. The van der Waals surface area contributed by atoms with E-state index in [1.807, 2.05) is 66.7 Å². The van der Waals surface area contributed by atoms with Crippen molar-refractivity contribution in [1.82, 2.24) is 4.90 Å². The molecule has 7 heteroatoms. The van der Waals surface area contributed by atoms with Crippen LogP contribution in [0.15, 0.2) is 66.7 Å². The zero-order chi connectivity index (χ0) is 24.6. The molecule has 0 aliphatic carbocycles. The number of hydrogen-bond acceptors (Lipinski definition) is 7. The van der Waals surface area contributed by atoms with E-state index in [1.165, 1.54) is 0 Å². The monoisotopic (exact) mass is 477 g/mol. The van der Waals surface area contributed by atoms with Gasteiger partial charge >= 0.3 is 0 Å². The molecule has 0 bridgehead atoms. The Hall–Kier alpha value is -3.55. The molecule has 0 N–H and O–H groups in total. The lowest BCUT2D eigenvalue weighted by Crippen LogP contribution is -2.38. The molecular formula is C28H31NO6. The quantitative estimate of drug-likeness (QED) is 0.382. The van der Waals surface area contributed by atoms with Crippen LogP contribution in [0.3, 0.4) is 0 Å². The van der Waals surface area contributed by atoms with Crippen LogP contribution in [-0.2, 0) is 29.1 Å². The average Bonchev–Trinajstić information content (AvgIpc) is 3.28. The molecule has 7 nitrogen and oxygen atoms in total. The minimum atomic E-state index is -0.601. The summed E-state index contributed by atoms with van der Waals surface area (Å²) >= 11 is 0. The third-order valence-electron chi connectivity index (χ3n) is 6.12. The van der Waals surface area contributed by atoms with Crippen molar-refractivity contribution in [3.8, 4) is 23.0 Å². The van der Waals surface area contributed by atoms with Crippen molar-refractivity contribution in [2.24, 2.45) is 0 Å². The number of nitrogens with zero attached hydrogens (tertiary/aromatic N) is 1. The van der Waals surface area contributed by atoms with Gasteiger partial charge in [0, 0.05) is 12.6 Å². The third-order valence-corrected chi connectivity index (χ3v) is 6.12. The van der Waals surface area contributed by atoms with E-state index in [4.69, 9.17) is 23.7 Å². The molecule has 0 spiro atoms. The minimum Gasteiger partial charge on any atom is -0.493 e. The van der Waals surface area contributed by atoms with Crippen LogP contribution in [0.1, 0.15) is 16.7 Å². The summed E-state index contributed by atoms with van der Waals surface area (Å²) in [6.45, 7) is 1.44. The predicted molar refractivity (Wildman–Crippen MR) is 132 cm³/mol. The lowest BCUT2D eigenvalue weighted by Gasteiger charge is -2.26. The standard InChI is InChI=1S/C28H31NO6/c1-31-24-11-9-21(14-26(24)33-3)13-23-19-35-28(17-30)29(23)16-22-10-12-25(32-2)27(15-22)34-18-20-7-5-4-6-8-20/h4-12,14-15,17,23,28H,13,16,18-19H2,1-3H3/t23-,28?/m0/s1. The van der Waals surface area contributed by atoms with E-state index >= 15 is 0 Å². The van der Waals surface area contributed by atoms with Crippen LogP contribution in [0.2, 0.25) is 0 Å². The maximum absolute atomic E-state index is 11.8. The first-order chi connectivity index (χ1) is 17.1. The van der Waals surface area contributed by atoms with Crippen LogP contribution >= 0.6 is 0 Å². The molecule has 184 valence electrons. The van der Waals surface area contributed by atoms with Gasteiger partial charge in [-0.05, 0) is 47.4 Å². The van der Waals surface area contributed by atoms with Crippen molar-refractivity contribution in [2.75, 3.05) is 27.9 Å². The summed E-state index contributed by atoms with van der Waals surface area (Å²) in [7, 11) is 4.86.